The van der Waals surface area contributed by atoms with Crippen molar-refractivity contribution in [1.82, 2.24) is 14.0 Å². The molecule has 0 radical (unpaired) electrons. The normalized spacial score (nSPS) is 10.8. The van der Waals surface area contributed by atoms with E-state index < -0.39 is 0 Å². The van der Waals surface area contributed by atoms with Gasteiger partial charge in [-0.2, -0.15) is 0 Å². The summed E-state index contributed by atoms with van der Waals surface area (Å²) in [7, 11) is 0. The molecule has 100 valence electrons. The average Bonchev–Trinajstić information content (AvgIpc) is 2.83. The van der Waals surface area contributed by atoms with Gasteiger partial charge in [0, 0.05) is 18.6 Å². The molecule has 3 aromatic heterocycles. The van der Waals surface area contributed by atoms with Crippen molar-refractivity contribution < 1.29 is 0 Å². The lowest BCUT2D eigenvalue weighted by molar-refractivity contribution is 0.743. The minimum atomic E-state index is -0.197. The summed E-state index contributed by atoms with van der Waals surface area (Å²) in [5.74, 6) is 0. The molecule has 3 aromatic rings. The van der Waals surface area contributed by atoms with Crippen LogP contribution in [0.1, 0.15) is 11.3 Å². The lowest BCUT2D eigenvalue weighted by atomic mass is 10.2. The van der Waals surface area contributed by atoms with Gasteiger partial charge in [0.2, 0.25) is 0 Å². The topological polar surface area (TPSA) is 65.3 Å². The molecule has 0 aliphatic rings. The van der Waals surface area contributed by atoms with E-state index in [0.717, 1.165) is 11.3 Å². The molecule has 0 bridgehead atoms. The van der Waals surface area contributed by atoms with E-state index in [2.05, 4.69) is 4.98 Å². The molecule has 0 aliphatic heterocycles. The molecule has 0 saturated heterocycles. The van der Waals surface area contributed by atoms with E-state index in [9.17, 15) is 4.79 Å². The zero-order chi connectivity index (χ0) is 14.1. The number of aromatic nitrogens is 3. The van der Waals surface area contributed by atoms with Crippen molar-refractivity contribution in [3.05, 3.63) is 70.5 Å². The predicted molar refractivity (Wildman–Crippen MR) is 80.9 cm³/mol. The van der Waals surface area contributed by atoms with Crippen molar-refractivity contribution >= 4 is 22.9 Å². The fourth-order valence-electron chi connectivity index (χ4n) is 2.09. The first kappa shape index (κ1) is 12.6. The molecule has 0 aliphatic carbocycles. The van der Waals surface area contributed by atoms with Gasteiger partial charge in [-0.05, 0) is 24.3 Å². The second-order valence-electron chi connectivity index (χ2n) is 4.42. The van der Waals surface area contributed by atoms with Gasteiger partial charge in [-0.15, -0.1) is 0 Å². The highest BCUT2D eigenvalue weighted by molar-refractivity contribution is 7.80. The molecule has 0 aromatic carbocycles. The number of rotatable bonds is 3. The molecule has 3 rings (SSSR count). The summed E-state index contributed by atoms with van der Waals surface area (Å²) in [5.41, 5.74) is 7.34. The lowest BCUT2D eigenvalue weighted by Crippen LogP contribution is -2.28. The van der Waals surface area contributed by atoms with Crippen LogP contribution in [0, 0.1) is 0 Å². The van der Waals surface area contributed by atoms with Crippen LogP contribution in [0.25, 0.3) is 5.65 Å². The van der Waals surface area contributed by atoms with Crippen molar-refractivity contribution in [2.75, 3.05) is 0 Å². The van der Waals surface area contributed by atoms with Crippen molar-refractivity contribution in [3.8, 4) is 0 Å². The Hall–Kier alpha value is -2.47. The molecule has 3 heterocycles. The maximum absolute atomic E-state index is 12.2. The molecule has 0 atom stereocenters. The summed E-state index contributed by atoms with van der Waals surface area (Å²) in [6.07, 6.45) is 5.52. The molecule has 5 nitrogen and oxygen atoms in total. The van der Waals surface area contributed by atoms with Crippen LogP contribution in [0.4, 0.5) is 0 Å². The third-order valence-corrected chi connectivity index (χ3v) is 3.25. The van der Waals surface area contributed by atoms with Gasteiger partial charge >= 0.3 is 0 Å². The number of pyridine rings is 2. The number of imidazole rings is 1. The first-order chi connectivity index (χ1) is 9.65. The van der Waals surface area contributed by atoms with Gasteiger partial charge in [-0.1, -0.05) is 18.3 Å². The van der Waals surface area contributed by atoms with Gasteiger partial charge in [0.25, 0.3) is 5.56 Å². The van der Waals surface area contributed by atoms with Crippen molar-refractivity contribution in [2.24, 2.45) is 5.73 Å². The summed E-state index contributed by atoms with van der Waals surface area (Å²) in [4.78, 5) is 16.8. The molecule has 0 amide bonds. The molecule has 0 unspecified atom stereocenters. The van der Waals surface area contributed by atoms with Crippen molar-refractivity contribution in [2.45, 2.75) is 6.54 Å². The Labute approximate surface area is 120 Å². The molecular formula is C14H12N4OS. The smallest absolute Gasteiger partial charge is 0.261 e. The number of nitrogens with two attached hydrogens (primary N) is 1. The van der Waals surface area contributed by atoms with Crippen LogP contribution in [0.15, 0.2) is 53.7 Å². The second kappa shape index (κ2) is 4.90. The van der Waals surface area contributed by atoms with E-state index >= 15 is 0 Å². The van der Waals surface area contributed by atoms with Gasteiger partial charge in [0.1, 0.15) is 10.6 Å². The van der Waals surface area contributed by atoms with Crippen LogP contribution < -0.4 is 11.3 Å². The predicted octanol–water partition coefficient (Wildman–Crippen LogP) is 1.18. The molecule has 0 saturated carbocycles. The first-order valence-electron chi connectivity index (χ1n) is 6.07. The molecule has 20 heavy (non-hydrogen) atoms. The van der Waals surface area contributed by atoms with Gasteiger partial charge < -0.3 is 14.7 Å². The summed E-state index contributed by atoms with van der Waals surface area (Å²) in [6.45, 7) is 0.386. The number of thiocarbonyl (C=S) groups is 1. The Bertz CT molecular complexity index is 817. The summed E-state index contributed by atoms with van der Waals surface area (Å²) < 4.78 is 3.47. The molecule has 0 spiro atoms. The maximum atomic E-state index is 12.2. The largest absolute Gasteiger partial charge is 0.389 e. The summed E-state index contributed by atoms with van der Waals surface area (Å²) in [6, 6.07) is 9.15. The Kier molecular flexibility index (Phi) is 3.08. The van der Waals surface area contributed by atoms with E-state index in [1.165, 1.54) is 0 Å². The highest BCUT2D eigenvalue weighted by Crippen LogP contribution is 2.05. The Morgan fingerprint density at radius 1 is 1.25 bits per heavy atom. The van der Waals surface area contributed by atoms with Gasteiger partial charge in [0.05, 0.1) is 17.8 Å². The number of fused-ring (bicyclic) bond motifs is 1. The van der Waals surface area contributed by atoms with E-state index in [1.807, 2.05) is 35.0 Å². The number of hydrogen-bond acceptors (Lipinski definition) is 3. The average molecular weight is 284 g/mol. The molecule has 6 heteroatoms. The third-order valence-electron chi connectivity index (χ3n) is 3.03. The van der Waals surface area contributed by atoms with Gasteiger partial charge in [-0.25, -0.2) is 4.98 Å². The highest BCUT2D eigenvalue weighted by Gasteiger charge is 2.07. The fourth-order valence-corrected chi connectivity index (χ4v) is 2.24. The van der Waals surface area contributed by atoms with Crippen LogP contribution in [0.5, 0.6) is 0 Å². The minimum Gasteiger partial charge on any atom is -0.389 e. The quantitative estimate of drug-likeness (QED) is 0.733. The SMILES string of the molecule is NC(=S)c1cccn(Cc2cn3ccccc3n2)c1=O. The highest BCUT2D eigenvalue weighted by atomic mass is 32.1. The van der Waals surface area contributed by atoms with E-state index in [4.69, 9.17) is 18.0 Å². The van der Waals surface area contributed by atoms with Crippen LogP contribution >= 0.6 is 12.2 Å². The van der Waals surface area contributed by atoms with Crippen LogP contribution in [0.2, 0.25) is 0 Å². The first-order valence-corrected chi connectivity index (χ1v) is 6.48. The molecule has 2 N–H and O–H groups in total. The summed E-state index contributed by atoms with van der Waals surface area (Å²) in [5, 5.41) is 0. The number of hydrogen-bond donors (Lipinski definition) is 1. The third kappa shape index (κ3) is 2.21. The van der Waals surface area contributed by atoms with E-state index in [0.29, 0.717) is 12.1 Å². The number of nitrogens with zero attached hydrogens (tertiary/aromatic N) is 3. The zero-order valence-electron chi connectivity index (χ0n) is 10.6. The minimum absolute atomic E-state index is 0.111. The van der Waals surface area contributed by atoms with Crippen molar-refractivity contribution in [1.29, 1.82) is 0 Å². The van der Waals surface area contributed by atoms with Gasteiger partial charge in [0.15, 0.2) is 0 Å². The standard InChI is InChI=1S/C14H12N4OS/c15-13(20)11-4-3-7-18(14(11)19)9-10-8-17-6-2-1-5-12(17)16-10/h1-8H,9H2,(H2,15,20). The Balaban J connectivity index is 2.01. The van der Waals surface area contributed by atoms with E-state index in [-0.39, 0.29) is 10.5 Å². The van der Waals surface area contributed by atoms with Crippen LogP contribution in [-0.4, -0.2) is 18.9 Å². The Morgan fingerprint density at radius 2 is 2.10 bits per heavy atom. The Morgan fingerprint density at radius 3 is 2.85 bits per heavy atom. The van der Waals surface area contributed by atoms with Crippen LogP contribution in [0.3, 0.4) is 0 Å². The fraction of sp³-hybridized carbons (Fsp3) is 0.0714. The molecule has 0 fully saturated rings. The lowest BCUT2D eigenvalue weighted by Gasteiger charge is -2.05. The molecular weight excluding hydrogens is 272 g/mol. The maximum Gasteiger partial charge on any atom is 0.261 e. The van der Waals surface area contributed by atoms with Crippen molar-refractivity contribution in [3.63, 3.8) is 0 Å². The monoisotopic (exact) mass is 284 g/mol. The summed E-state index contributed by atoms with van der Waals surface area (Å²) >= 11 is 4.87. The van der Waals surface area contributed by atoms with Crippen LogP contribution in [-0.2, 0) is 6.54 Å². The van der Waals surface area contributed by atoms with Gasteiger partial charge in [-0.3, -0.25) is 4.79 Å². The van der Waals surface area contributed by atoms with E-state index in [1.54, 1.807) is 22.9 Å². The second-order valence-corrected chi connectivity index (χ2v) is 4.86. The zero-order valence-corrected chi connectivity index (χ0v) is 11.4.